The minimum Gasteiger partial charge on any atom is -0.485 e. The predicted octanol–water partition coefficient (Wildman–Crippen LogP) is 5.12. The van der Waals surface area contributed by atoms with Crippen molar-refractivity contribution >= 4 is 35.0 Å². The number of hydrogen-bond acceptors (Lipinski definition) is 6. The number of carbonyl (C=O) groups excluding carboxylic acids is 1. The first kappa shape index (κ1) is 23.2. The SMILES string of the molecule is C[C@H](Sc1nnc([C@@H]2COc3ccccc3O2)n1C)C(=O)Nc1ccc(Cl)c(C(F)(F)F)c1. The third-order valence-electron chi connectivity index (χ3n) is 4.86. The van der Waals surface area contributed by atoms with Crippen LogP contribution in [-0.4, -0.2) is 32.5 Å². The van der Waals surface area contributed by atoms with Gasteiger partial charge in [0.15, 0.2) is 28.6 Å². The monoisotopic (exact) mass is 498 g/mol. The lowest BCUT2D eigenvalue weighted by molar-refractivity contribution is -0.137. The number of para-hydroxylation sites is 2. The van der Waals surface area contributed by atoms with Gasteiger partial charge < -0.3 is 19.4 Å². The molecule has 3 aromatic rings. The van der Waals surface area contributed by atoms with Gasteiger partial charge in [-0.25, -0.2) is 0 Å². The van der Waals surface area contributed by atoms with Crippen molar-refractivity contribution in [3.8, 4) is 11.5 Å². The van der Waals surface area contributed by atoms with Crippen molar-refractivity contribution < 1.29 is 27.4 Å². The van der Waals surface area contributed by atoms with Crippen LogP contribution in [0.5, 0.6) is 11.5 Å². The standard InChI is InChI=1S/C21H18ClF3N4O3S/c1-11(19(30)26-12-7-8-14(22)13(9-12)21(23,24)25)33-20-28-27-18(29(20)2)17-10-31-15-5-3-4-6-16(15)32-17/h3-9,11,17H,10H2,1-2H3,(H,26,30)/t11-,17-/m0/s1. The maximum absolute atomic E-state index is 13.1. The smallest absolute Gasteiger partial charge is 0.417 e. The first-order valence-electron chi connectivity index (χ1n) is 9.75. The summed E-state index contributed by atoms with van der Waals surface area (Å²) >= 11 is 6.74. The molecule has 0 aliphatic carbocycles. The molecule has 12 heteroatoms. The highest BCUT2D eigenvalue weighted by Crippen LogP contribution is 2.37. The van der Waals surface area contributed by atoms with Crippen molar-refractivity contribution in [2.45, 2.75) is 29.6 Å². The number of hydrogen-bond donors (Lipinski definition) is 1. The van der Waals surface area contributed by atoms with E-state index < -0.39 is 34.0 Å². The Kier molecular flexibility index (Phi) is 6.44. The maximum atomic E-state index is 13.1. The minimum atomic E-state index is -4.63. The van der Waals surface area contributed by atoms with E-state index in [1.165, 1.54) is 6.07 Å². The van der Waals surface area contributed by atoms with E-state index in [1.807, 2.05) is 18.2 Å². The van der Waals surface area contributed by atoms with Crippen LogP contribution in [0.3, 0.4) is 0 Å². The molecule has 2 aromatic carbocycles. The highest BCUT2D eigenvalue weighted by Gasteiger charge is 2.34. The van der Waals surface area contributed by atoms with Gasteiger partial charge >= 0.3 is 6.18 Å². The van der Waals surface area contributed by atoms with Crippen molar-refractivity contribution in [2.75, 3.05) is 11.9 Å². The highest BCUT2D eigenvalue weighted by molar-refractivity contribution is 8.00. The van der Waals surface area contributed by atoms with Crippen LogP contribution in [0.2, 0.25) is 5.02 Å². The fraction of sp³-hybridized carbons (Fsp3) is 0.286. The van der Waals surface area contributed by atoms with Crippen LogP contribution >= 0.6 is 23.4 Å². The number of fused-ring (bicyclic) bond motifs is 1. The molecule has 4 rings (SSSR count). The molecule has 0 saturated heterocycles. The number of thioether (sulfide) groups is 1. The number of nitrogens with one attached hydrogen (secondary N) is 1. The molecule has 0 unspecified atom stereocenters. The van der Waals surface area contributed by atoms with E-state index in [9.17, 15) is 18.0 Å². The van der Waals surface area contributed by atoms with Crippen molar-refractivity contribution in [3.63, 3.8) is 0 Å². The molecule has 0 spiro atoms. The molecular weight excluding hydrogens is 481 g/mol. The zero-order valence-corrected chi connectivity index (χ0v) is 19.0. The highest BCUT2D eigenvalue weighted by atomic mass is 35.5. The number of ether oxygens (including phenoxy) is 2. The summed E-state index contributed by atoms with van der Waals surface area (Å²) in [7, 11) is 1.74. The van der Waals surface area contributed by atoms with Crippen molar-refractivity contribution in [2.24, 2.45) is 7.05 Å². The zero-order chi connectivity index (χ0) is 23.8. The Balaban J connectivity index is 1.43. The second-order valence-electron chi connectivity index (χ2n) is 7.21. The molecule has 7 nitrogen and oxygen atoms in total. The average Bonchev–Trinajstić information content (AvgIpc) is 3.13. The molecule has 1 aromatic heterocycles. The third kappa shape index (κ3) is 5.03. The molecule has 174 valence electrons. The van der Waals surface area contributed by atoms with Gasteiger partial charge in [0, 0.05) is 12.7 Å². The van der Waals surface area contributed by atoms with Gasteiger partial charge in [-0.05, 0) is 37.3 Å². The van der Waals surface area contributed by atoms with Crippen LogP contribution < -0.4 is 14.8 Å². The summed E-state index contributed by atoms with van der Waals surface area (Å²) in [5, 5.41) is 10.1. The summed E-state index contributed by atoms with van der Waals surface area (Å²) in [5.41, 5.74) is -1.02. The van der Waals surface area contributed by atoms with E-state index >= 15 is 0 Å². The fourth-order valence-electron chi connectivity index (χ4n) is 3.13. The Morgan fingerprint density at radius 1 is 1.24 bits per heavy atom. The van der Waals surface area contributed by atoms with Gasteiger partial charge in [0.1, 0.15) is 6.61 Å². The van der Waals surface area contributed by atoms with Crippen LogP contribution in [0.1, 0.15) is 24.4 Å². The lowest BCUT2D eigenvalue weighted by Crippen LogP contribution is -2.25. The normalized spacial score (nSPS) is 16.4. The van der Waals surface area contributed by atoms with Crippen LogP contribution in [0.4, 0.5) is 18.9 Å². The van der Waals surface area contributed by atoms with Crippen LogP contribution in [0.25, 0.3) is 0 Å². The Morgan fingerprint density at radius 3 is 2.70 bits per heavy atom. The molecule has 2 heterocycles. The van der Waals surface area contributed by atoms with Crippen molar-refractivity contribution in [3.05, 3.63) is 58.9 Å². The van der Waals surface area contributed by atoms with Gasteiger partial charge in [-0.1, -0.05) is 35.5 Å². The lowest BCUT2D eigenvalue weighted by Gasteiger charge is -2.25. The summed E-state index contributed by atoms with van der Waals surface area (Å²) < 4.78 is 52.5. The van der Waals surface area contributed by atoms with E-state index in [-0.39, 0.29) is 12.3 Å². The Morgan fingerprint density at radius 2 is 1.97 bits per heavy atom. The van der Waals surface area contributed by atoms with E-state index in [0.717, 1.165) is 23.9 Å². The molecule has 1 aliphatic rings. The lowest BCUT2D eigenvalue weighted by atomic mass is 10.2. The summed E-state index contributed by atoms with van der Waals surface area (Å²) in [6, 6.07) is 10.5. The molecule has 1 N–H and O–H groups in total. The second-order valence-corrected chi connectivity index (χ2v) is 8.92. The van der Waals surface area contributed by atoms with Gasteiger partial charge in [0.2, 0.25) is 5.91 Å². The first-order chi connectivity index (χ1) is 15.6. The number of aromatic nitrogens is 3. The largest absolute Gasteiger partial charge is 0.485 e. The zero-order valence-electron chi connectivity index (χ0n) is 17.4. The van der Waals surface area contributed by atoms with E-state index in [0.29, 0.717) is 22.5 Å². The number of carbonyl (C=O) groups is 1. The Hall–Kier alpha value is -2.92. The predicted molar refractivity (Wildman–Crippen MR) is 117 cm³/mol. The number of benzene rings is 2. The number of rotatable bonds is 5. The molecule has 2 atom stereocenters. The average molecular weight is 499 g/mol. The number of nitrogens with zero attached hydrogens (tertiary/aromatic N) is 3. The summed E-state index contributed by atoms with van der Waals surface area (Å²) in [4.78, 5) is 12.6. The quantitative estimate of drug-likeness (QED) is 0.492. The summed E-state index contributed by atoms with van der Waals surface area (Å²) in [6.45, 7) is 1.87. The van der Waals surface area contributed by atoms with Crippen LogP contribution in [-0.2, 0) is 18.0 Å². The first-order valence-corrected chi connectivity index (χ1v) is 11.0. The Bertz CT molecular complexity index is 1190. The molecule has 1 amide bonds. The van der Waals surface area contributed by atoms with E-state index in [4.69, 9.17) is 21.1 Å². The molecular formula is C21H18ClF3N4O3S. The minimum absolute atomic E-state index is 0.00532. The van der Waals surface area contributed by atoms with Gasteiger partial charge in [-0.3, -0.25) is 4.79 Å². The molecule has 0 bridgehead atoms. The van der Waals surface area contributed by atoms with Gasteiger partial charge in [-0.2, -0.15) is 13.2 Å². The third-order valence-corrected chi connectivity index (χ3v) is 6.32. The van der Waals surface area contributed by atoms with Gasteiger partial charge in [-0.15, -0.1) is 10.2 Å². The second kappa shape index (κ2) is 9.14. The Labute approximate surface area is 196 Å². The summed E-state index contributed by atoms with van der Waals surface area (Å²) in [6.07, 6.45) is -5.11. The number of halogens is 4. The summed E-state index contributed by atoms with van der Waals surface area (Å²) in [5.74, 6) is 1.27. The molecule has 0 saturated carbocycles. The van der Waals surface area contributed by atoms with E-state index in [2.05, 4.69) is 15.5 Å². The topological polar surface area (TPSA) is 78.3 Å². The van der Waals surface area contributed by atoms with E-state index in [1.54, 1.807) is 24.6 Å². The molecule has 1 aliphatic heterocycles. The van der Waals surface area contributed by atoms with Crippen molar-refractivity contribution in [1.29, 1.82) is 0 Å². The van der Waals surface area contributed by atoms with Gasteiger partial charge in [0.05, 0.1) is 15.8 Å². The number of amides is 1. The molecule has 0 radical (unpaired) electrons. The fourth-order valence-corrected chi connectivity index (χ4v) is 4.18. The molecule has 0 fully saturated rings. The molecule has 33 heavy (non-hydrogen) atoms. The van der Waals surface area contributed by atoms with Gasteiger partial charge in [0.25, 0.3) is 0 Å². The van der Waals surface area contributed by atoms with Crippen molar-refractivity contribution in [1.82, 2.24) is 14.8 Å². The number of anilines is 1. The van der Waals surface area contributed by atoms with Crippen LogP contribution in [0, 0.1) is 0 Å². The number of alkyl halides is 3. The van der Waals surface area contributed by atoms with Crippen LogP contribution in [0.15, 0.2) is 47.6 Å². The maximum Gasteiger partial charge on any atom is 0.417 e.